The van der Waals surface area contributed by atoms with Gasteiger partial charge in [-0.2, -0.15) is 0 Å². The van der Waals surface area contributed by atoms with Crippen LogP contribution in [0.4, 0.5) is 0 Å². The van der Waals surface area contributed by atoms with Crippen molar-refractivity contribution in [2.75, 3.05) is 0 Å². The zero-order valence-electron chi connectivity index (χ0n) is 11.4. The summed E-state index contributed by atoms with van der Waals surface area (Å²) in [5, 5.41) is 10.1. The lowest BCUT2D eigenvalue weighted by atomic mass is 9.95. The molecule has 0 unspecified atom stereocenters. The second-order valence-electron chi connectivity index (χ2n) is 5.78. The monoisotopic (exact) mass is 262 g/mol. The number of rotatable bonds is 2. The molecule has 2 aliphatic heterocycles. The van der Waals surface area contributed by atoms with E-state index in [1.165, 1.54) is 0 Å². The molecule has 0 aromatic heterocycles. The lowest BCUT2D eigenvalue weighted by molar-refractivity contribution is -0.0233. The maximum Gasteiger partial charge on any atom is 0.342 e. The second-order valence-corrected chi connectivity index (χ2v) is 5.78. The highest BCUT2D eigenvalue weighted by Crippen LogP contribution is 2.44. The van der Waals surface area contributed by atoms with E-state index in [0.29, 0.717) is 17.7 Å². The summed E-state index contributed by atoms with van der Waals surface area (Å²) in [5.41, 5.74) is 1.50. The fourth-order valence-electron chi connectivity index (χ4n) is 2.75. The molecular formula is C15H18O4. The fraction of sp³-hybridized carbons (Fsp3) is 0.533. The van der Waals surface area contributed by atoms with Crippen molar-refractivity contribution in [1.29, 1.82) is 0 Å². The molecule has 0 radical (unpaired) electrons. The van der Waals surface area contributed by atoms with Gasteiger partial charge in [0.1, 0.15) is 23.5 Å². The van der Waals surface area contributed by atoms with Crippen LogP contribution in [-0.2, 0) is 11.2 Å². The maximum absolute atomic E-state index is 12.0. The van der Waals surface area contributed by atoms with E-state index in [9.17, 15) is 9.90 Å². The van der Waals surface area contributed by atoms with Gasteiger partial charge in [-0.1, -0.05) is 19.1 Å². The number of carbonyl (C=O) groups excluding carboxylic acids is 1. The van der Waals surface area contributed by atoms with Crippen molar-refractivity contribution in [2.24, 2.45) is 0 Å². The molecule has 2 atom stereocenters. The molecule has 1 aromatic carbocycles. The third kappa shape index (κ3) is 1.82. The van der Waals surface area contributed by atoms with Crippen molar-refractivity contribution in [1.82, 2.24) is 0 Å². The summed E-state index contributed by atoms with van der Waals surface area (Å²) >= 11 is 0. The van der Waals surface area contributed by atoms with Crippen molar-refractivity contribution in [2.45, 2.75) is 51.4 Å². The van der Waals surface area contributed by atoms with Crippen LogP contribution in [-0.4, -0.2) is 22.8 Å². The Bertz CT molecular complexity index is 542. The fourth-order valence-corrected chi connectivity index (χ4v) is 2.75. The van der Waals surface area contributed by atoms with Crippen LogP contribution in [0.25, 0.3) is 0 Å². The third-order valence-corrected chi connectivity index (χ3v) is 3.90. The van der Waals surface area contributed by atoms with Crippen molar-refractivity contribution in [3.8, 4) is 5.75 Å². The largest absolute Gasteiger partial charge is 0.486 e. The number of cyclic esters (lactones) is 1. The van der Waals surface area contributed by atoms with Gasteiger partial charge in [-0.15, -0.1) is 0 Å². The average Bonchev–Trinajstić information content (AvgIpc) is 2.89. The third-order valence-electron chi connectivity index (χ3n) is 3.90. The van der Waals surface area contributed by atoms with Crippen molar-refractivity contribution >= 4 is 5.97 Å². The van der Waals surface area contributed by atoms with Gasteiger partial charge < -0.3 is 14.6 Å². The minimum Gasteiger partial charge on any atom is -0.486 e. The first-order valence-corrected chi connectivity index (χ1v) is 6.67. The molecule has 0 fully saturated rings. The summed E-state index contributed by atoms with van der Waals surface area (Å²) in [6, 6.07) is 3.92. The molecule has 102 valence electrons. The molecule has 1 aromatic rings. The quantitative estimate of drug-likeness (QED) is 0.831. The van der Waals surface area contributed by atoms with E-state index in [4.69, 9.17) is 9.47 Å². The van der Waals surface area contributed by atoms with E-state index >= 15 is 0 Å². The van der Waals surface area contributed by atoms with Gasteiger partial charge in [0.05, 0.1) is 5.60 Å². The SMILES string of the molecule is CC[C@H]1OC(=O)c2c1ccc1c2O[C@@H](C(C)(C)O)C1. The van der Waals surface area contributed by atoms with Crippen LogP contribution in [0, 0.1) is 0 Å². The van der Waals surface area contributed by atoms with Gasteiger partial charge in [-0.25, -0.2) is 4.79 Å². The Balaban J connectivity index is 2.04. The Morgan fingerprint density at radius 3 is 2.74 bits per heavy atom. The Morgan fingerprint density at radius 1 is 1.37 bits per heavy atom. The first-order valence-electron chi connectivity index (χ1n) is 6.67. The summed E-state index contributed by atoms with van der Waals surface area (Å²) < 4.78 is 11.2. The molecule has 4 heteroatoms. The van der Waals surface area contributed by atoms with Crippen molar-refractivity contribution in [3.63, 3.8) is 0 Å². The molecule has 4 nitrogen and oxygen atoms in total. The average molecular weight is 262 g/mol. The van der Waals surface area contributed by atoms with E-state index in [2.05, 4.69) is 0 Å². The summed E-state index contributed by atoms with van der Waals surface area (Å²) in [7, 11) is 0. The van der Waals surface area contributed by atoms with Crippen molar-refractivity contribution < 1.29 is 19.4 Å². The van der Waals surface area contributed by atoms with E-state index in [1.54, 1.807) is 13.8 Å². The Kier molecular flexibility index (Phi) is 2.61. The molecule has 0 amide bonds. The highest BCUT2D eigenvalue weighted by molar-refractivity contribution is 5.97. The van der Waals surface area contributed by atoms with Crippen LogP contribution >= 0.6 is 0 Å². The van der Waals surface area contributed by atoms with Crippen LogP contribution in [0.2, 0.25) is 0 Å². The zero-order valence-corrected chi connectivity index (χ0v) is 11.4. The van der Waals surface area contributed by atoms with Gasteiger partial charge in [-0.3, -0.25) is 0 Å². The first-order chi connectivity index (χ1) is 8.91. The summed E-state index contributed by atoms with van der Waals surface area (Å²) in [5.74, 6) is 0.292. The lowest BCUT2D eigenvalue weighted by Gasteiger charge is -2.24. The standard InChI is InChI=1S/C15H18O4/c1-4-10-9-6-5-8-7-11(15(2,3)17)19-13(8)12(9)14(16)18-10/h5-6,10-11,17H,4,7H2,1-3H3/t10-,11-/m1/s1. The summed E-state index contributed by atoms with van der Waals surface area (Å²) in [6.07, 6.45) is 0.892. The van der Waals surface area contributed by atoms with Gasteiger partial charge in [0.15, 0.2) is 0 Å². The molecule has 0 saturated heterocycles. The molecule has 0 aliphatic carbocycles. The molecular weight excluding hydrogens is 244 g/mol. The highest BCUT2D eigenvalue weighted by atomic mass is 16.6. The number of fused-ring (bicyclic) bond motifs is 3. The Labute approximate surface area is 112 Å². The molecule has 1 N–H and O–H groups in total. The molecule has 0 spiro atoms. The van der Waals surface area contributed by atoms with Crippen LogP contribution in [0.1, 0.15) is 54.8 Å². The van der Waals surface area contributed by atoms with Crippen molar-refractivity contribution in [3.05, 3.63) is 28.8 Å². The molecule has 2 aliphatic rings. The number of hydrogen-bond acceptors (Lipinski definition) is 4. The van der Waals surface area contributed by atoms with Gasteiger partial charge in [0, 0.05) is 12.0 Å². The summed E-state index contributed by atoms with van der Waals surface area (Å²) in [4.78, 5) is 12.0. The topological polar surface area (TPSA) is 55.8 Å². The summed E-state index contributed by atoms with van der Waals surface area (Å²) in [6.45, 7) is 5.43. The van der Waals surface area contributed by atoms with E-state index in [0.717, 1.165) is 17.5 Å². The number of benzene rings is 1. The first kappa shape index (κ1) is 12.5. The Hall–Kier alpha value is -1.55. The number of ether oxygens (including phenoxy) is 2. The predicted octanol–water partition coefficient (Wildman–Crippen LogP) is 2.38. The van der Waals surface area contributed by atoms with Crippen LogP contribution in [0.15, 0.2) is 12.1 Å². The van der Waals surface area contributed by atoms with Crippen LogP contribution < -0.4 is 4.74 Å². The normalized spacial score (nSPS) is 24.7. The molecule has 2 heterocycles. The van der Waals surface area contributed by atoms with E-state index < -0.39 is 5.60 Å². The molecule has 19 heavy (non-hydrogen) atoms. The molecule has 0 saturated carbocycles. The number of carbonyl (C=O) groups is 1. The second kappa shape index (κ2) is 3.97. The van der Waals surface area contributed by atoms with E-state index in [1.807, 2.05) is 19.1 Å². The molecule has 3 rings (SSSR count). The number of hydrogen-bond donors (Lipinski definition) is 1. The van der Waals surface area contributed by atoms with Gasteiger partial charge in [0.25, 0.3) is 0 Å². The van der Waals surface area contributed by atoms with Crippen LogP contribution in [0.3, 0.4) is 0 Å². The predicted molar refractivity (Wildman–Crippen MR) is 69.3 cm³/mol. The van der Waals surface area contributed by atoms with Gasteiger partial charge >= 0.3 is 5.97 Å². The smallest absolute Gasteiger partial charge is 0.342 e. The minimum atomic E-state index is -0.932. The Morgan fingerprint density at radius 2 is 2.11 bits per heavy atom. The van der Waals surface area contributed by atoms with Crippen LogP contribution in [0.5, 0.6) is 5.75 Å². The molecule has 0 bridgehead atoms. The maximum atomic E-state index is 12.0. The number of aliphatic hydroxyl groups is 1. The number of esters is 1. The van der Waals surface area contributed by atoms with Gasteiger partial charge in [-0.05, 0) is 25.8 Å². The minimum absolute atomic E-state index is 0.169. The van der Waals surface area contributed by atoms with Gasteiger partial charge in [0.2, 0.25) is 0 Å². The van der Waals surface area contributed by atoms with E-state index in [-0.39, 0.29) is 18.2 Å². The lowest BCUT2D eigenvalue weighted by Crippen LogP contribution is -2.39. The zero-order chi connectivity index (χ0) is 13.8. The highest BCUT2D eigenvalue weighted by Gasteiger charge is 2.41.